The van der Waals surface area contributed by atoms with Crippen LogP contribution in [0.25, 0.3) is 11.2 Å². The van der Waals surface area contributed by atoms with Crippen LogP contribution in [-0.4, -0.2) is 72.4 Å². The summed E-state index contributed by atoms with van der Waals surface area (Å²) in [5, 5.41) is 29.6. The summed E-state index contributed by atoms with van der Waals surface area (Å²) < 4.78 is 6.84. The smallest absolute Gasteiger partial charge is 0.280 e. The Labute approximate surface area is 141 Å². The third-order valence-electron chi connectivity index (χ3n) is 3.73. The molecule has 3 heterocycles. The van der Waals surface area contributed by atoms with Crippen molar-refractivity contribution in [3.05, 3.63) is 28.2 Å². The van der Waals surface area contributed by atoms with Crippen LogP contribution in [-0.2, 0) is 4.74 Å². The Morgan fingerprint density at radius 3 is 2.84 bits per heavy atom. The first-order valence-corrected chi connectivity index (χ1v) is 7.35. The molecule has 1 aliphatic heterocycles. The van der Waals surface area contributed by atoms with Crippen LogP contribution in [0.3, 0.4) is 0 Å². The standard InChI is InChI=1S/C14H18N6O5/c1-14(4-21)9(23)8(22)12(25-14)20-6-15-7-10(20)17-13(18-11(7)24)16-5-19(2)3/h5-6,12,21-23H,4H2,1-3H3,(H,17,18,24). The average Bonchev–Trinajstić information content (AvgIpc) is 3.09. The number of fused-ring (bicyclic) bond motifs is 1. The summed E-state index contributed by atoms with van der Waals surface area (Å²) in [5.41, 5.74) is -1.83. The van der Waals surface area contributed by atoms with E-state index in [0.29, 0.717) is 0 Å². The number of aromatic amines is 1. The first-order chi connectivity index (χ1) is 11.8. The predicted octanol–water partition coefficient (Wildman–Crippen LogP) is -0.0516. The van der Waals surface area contributed by atoms with Crippen LogP contribution < -0.4 is 5.56 Å². The molecule has 2 atom stereocenters. The number of aliphatic imine (C=N–C) groups is 1. The molecule has 11 nitrogen and oxygen atoms in total. The van der Waals surface area contributed by atoms with Crippen molar-refractivity contribution < 1.29 is 20.1 Å². The number of hydrogen-bond acceptors (Lipinski definition) is 8. The summed E-state index contributed by atoms with van der Waals surface area (Å²) in [6.45, 7) is 0.878. The molecule has 0 saturated heterocycles. The van der Waals surface area contributed by atoms with Crippen molar-refractivity contribution in [1.82, 2.24) is 24.4 Å². The van der Waals surface area contributed by atoms with Gasteiger partial charge in [-0.1, -0.05) is 0 Å². The first-order valence-electron chi connectivity index (χ1n) is 7.35. The molecule has 0 bridgehead atoms. The number of hydrogen-bond donors (Lipinski definition) is 4. The number of rotatable bonds is 4. The third-order valence-corrected chi connectivity index (χ3v) is 3.73. The van der Waals surface area contributed by atoms with Crippen LogP contribution >= 0.6 is 0 Å². The Balaban J connectivity index is 2.11. The molecule has 134 valence electrons. The molecule has 0 radical (unpaired) electrons. The molecule has 3 rings (SSSR count). The van der Waals surface area contributed by atoms with Gasteiger partial charge in [-0.3, -0.25) is 14.3 Å². The second kappa shape index (κ2) is 5.86. The van der Waals surface area contributed by atoms with Crippen LogP contribution in [0, 0.1) is 0 Å². The number of aliphatic hydroxyl groups is 3. The Kier molecular flexibility index (Phi) is 3.97. The zero-order chi connectivity index (χ0) is 18.4. The van der Waals surface area contributed by atoms with E-state index in [1.807, 2.05) is 0 Å². The van der Waals surface area contributed by atoms with Crippen molar-refractivity contribution in [3.63, 3.8) is 0 Å². The molecule has 2 aromatic rings. The van der Waals surface area contributed by atoms with E-state index in [1.54, 1.807) is 19.0 Å². The van der Waals surface area contributed by atoms with Gasteiger partial charge in [0.15, 0.2) is 34.5 Å². The van der Waals surface area contributed by atoms with Crippen molar-refractivity contribution in [3.8, 4) is 0 Å². The highest BCUT2D eigenvalue weighted by atomic mass is 16.6. The molecule has 0 aliphatic carbocycles. The summed E-state index contributed by atoms with van der Waals surface area (Å²) in [7, 11) is 3.52. The SMILES string of the molecule is CN(C)C=Nc1nc2c(ncn2C2OC(C)(CO)C(O)=C2O)c(=O)[nH]1. The number of aromatic nitrogens is 4. The molecule has 0 saturated carbocycles. The molecule has 0 amide bonds. The fourth-order valence-corrected chi connectivity index (χ4v) is 2.36. The van der Waals surface area contributed by atoms with E-state index in [1.165, 1.54) is 24.2 Å². The van der Waals surface area contributed by atoms with E-state index < -0.39 is 35.5 Å². The second-order valence-electron chi connectivity index (χ2n) is 6.01. The topological polar surface area (TPSA) is 149 Å². The number of imidazole rings is 1. The Morgan fingerprint density at radius 1 is 1.52 bits per heavy atom. The molecule has 25 heavy (non-hydrogen) atoms. The van der Waals surface area contributed by atoms with Gasteiger partial charge in [-0.2, -0.15) is 4.98 Å². The van der Waals surface area contributed by atoms with Gasteiger partial charge in [-0.15, -0.1) is 0 Å². The number of nitrogens with one attached hydrogen (secondary N) is 1. The monoisotopic (exact) mass is 350 g/mol. The summed E-state index contributed by atoms with van der Waals surface area (Å²) in [4.78, 5) is 28.5. The van der Waals surface area contributed by atoms with E-state index in [0.717, 1.165) is 0 Å². The molecule has 2 aromatic heterocycles. The quantitative estimate of drug-likeness (QED) is 0.443. The maximum Gasteiger partial charge on any atom is 0.280 e. The molecule has 0 aromatic carbocycles. The fraction of sp³-hybridized carbons (Fsp3) is 0.429. The van der Waals surface area contributed by atoms with Crippen LogP contribution in [0.15, 0.2) is 27.6 Å². The fourth-order valence-electron chi connectivity index (χ4n) is 2.36. The number of ether oxygens (including phenoxy) is 1. The van der Waals surface area contributed by atoms with Gasteiger partial charge in [0.25, 0.3) is 5.56 Å². The van der Waals surface area contributed by atoms with E-state index in [9.17, 15) is 20.1 Å². The zero-order valence-electron chi connectivity index (χ0n) is 13.8. The largest absolute Gasteiger partial charge is 0.506 e. The summed E-state index contributed by atoms with van der Waals surface area (Å²) in [6, 6.07) is 0. The maximum absolute atomic E-state index is 12.1. The highest BCUT2D eigenvalue weighted by Gasteiger charge is 2.45. The minimum absolute atomic E-state index is 0.0253. The predicted molar refractivity (Wildman–Crippen MR) is 87.9 cm³/mol. The summed E-state index contributed by atoms with van der Waals surface area (Å²) in [6.07, 6.45) is 1.54. The van der Waals surface area contributed by atoms with Gasteiger partial charge >= 0.3 is 0 Å². The number of H-pyrrole nitrogens is 1. The van der Waals surface area contributed by atoms with E-state index in [-0.39, 0.29) is 17.1 Å². The van der Waals surface area contributed by atoms with Gasteiger partial charge in [0.1, 0.15) is 0 Å². The average molecular weight is 350 g/mol. The highest BCUT2D eigenvalue weighted by molar-refractivity contribution is 5.71. The van der Waals surface area contributed by atoms with Crippen molar-refractivity contribution in [2.75, 3.05) is 20.7 Å². The van der Waals surface area contributed by atoms with Crippen molar-refractivity contribution >= 4 is 23.5 Å². The van der Waals surface area contributed by atoms with Crippen LogP contribution in [0.5, 0.6) is 0 Å². The molecule has 0 fully saturated rings. The van der Waals surface area contributed by atoms with Gasteiger partial charge in [0.05, 0.1) is 19.3 Å². The first kappa shape index (κ1) is 16.9. The van der Waals surface area contributed by atoms with E-state index in [4.69, 9.17) is 4.74 Å². The number of aliphatic hydroxyl groups excluding tert-OH is 3. The van der Waals surface area contributed by atoms with Crippen LogP contribution in [0.2, 0.25) is 0 Å². The Bertz CT molecular complexity index is 929. The second-order valence-corrected chi connectivity index (χ2v) is 6.01. The van der Waals surface area contributed by atoms with Gasteiger partial charge < -0.3 is 25.0 Å². The molecule has 11 heteroatoms. The van der Waals surface area contributed by atoms with E-state index in [2.05, 4.69) is 19.9 Å². The lowest BCUT2D eigenvalue weighted by molar-refractivity contribution is -0.0953. The zero-order valence-corrected chi connectivity index (χ0v) is 13.8. The molecule has 4 N–H and O–H groups in total. The Hall–Kier alpha value is -2.92. The third kappa shape index (κ3) is 2.72. The summed E-state index contributed by atoms with van der Waals surface area (Å²) >= 11 is 0. The normalized spacial score (nSPS) is 23.9. The van der Waals surface area contributed by atoms with E-state index >= 15 is 0 Å². The van der Waals surface area contributed by atoms with Crippen LogP contribution in [0.4, 0.5) is 5.95 Å². The van der Waals surface area contributed by atoms with Gasteiger partial charge in [0.2, 0.25) is 5.95 Å². The van der Waals surface area contributed by atoms with Crippen molar-refractivity contribution in [2.45, 2.75) is 18.8 Å². The van der Waals surface area contributed by atoms with Gasteiger partial charge in [-0.25, -0.2) is 9.98 Å². The van der Waals surface area contributed by atoms with Gasteiger partial charge in [0, 0.05) is 14.1 Å². The van der Waals surface area contributed by atoms with Crippen molar-refractivity contribution in [1.29, 1.82) is 0 Å². The van der Waals surface area contributed by atoms with Gasteiger partial charge in [-0.05, 0) is 6.92 Å². The number of nitrogens with zero attached hydrogens (tertiary/aromatic N) is 5. The highest BCUT2D eigenvalue weighted by Crippen LogP contribution is 2.39. The molecular weight excluding hydrogens is 332 g/mol. The lowest BCUT2D eigenvalue weighted by Crippen LogP contribution is -2.32. The maximum atomic E-state index is 12.1. The molecule has 2 unspecified atom stereocenters. The lowest BCUT2D eigenvalue weighted by atomic mass is 10.1. The van der Waals surface area contributed by atoms with Crippen molar-refractivity contribution in [2.24, 2.45) is 4.99 Å². The summed E-state index contributed by atoms with van der Waals surface area (Å²) in [5.74, 6) is -0.933. The molecule has 0 spiro atoms. The Morgan fingerprint density at radius 2 is 2.24 bits per heavy atom. The minimum Gasteiger partial charge on any atom is -0.506 e. The minimum atomic E-state index is -1.46. The van der Waals surface area contributed by atoms with Crippen LogP contribution in [0.1, 0.15) is 13.2 Å². The molecule has 1 aliphatic rings. The molecular formula is C14H18N6O5. The lowest BCUT2D eigenvalue weighted by Gasteiger charge is -2.22.